The van der Waals surface area contributed by atoms with Gasteiger partial charge in [-0.05, 0) is 43.1 Å². The number of aromatic nitrogens is 1. The Kier molecular flexibility index (Phi) is 4.07. The summed E-state index contributed by atoms with van der Waals surface area (Å²) in [6.07, 6.45) is 1.89. The van der Waals surface area contributed by atoms with Gasteiger partial charge in [0.25, 0.3) is 4.84 Å². The minimum absolute atomic E-state index is 0.0257. The van der Waals surface area contributed by atoms with Crippen LogP contribution in [-0.4, -0.2) is 24.1 Å². The molecule has 0 spiro atoms. The Morgan fingerprint density at radius 2 is 2.19 bits per heavy atom. The number of aromatic amines is 1. The molecule has 1 aliphatic heterocycles. The van der Waals surface area contributed by atoms with Crippen molar-refractivity contribution in [1.82, 2.24) is 4.98 Å². The normalized spacial score (nSPS) is 17.8. The maximum atomic E-state index is 12.3. The Hall–Kier alpha value is -1.66. The molecule has 1 aliphatic rings. The average molecular weight is 306 g/mol. The number of anilines is 1. The van der Waals surface area contributed by atoms with E-state index in [0.717, 1.165) is 37.3 Å². The molecular weight excluding hydrogens is 288 g/mol. The number of fused-ring (bicyclic) bond motifs is 1. The number of H-pyrrole nitrogens is 1. The summed E-state index contributed by atoms with van der Waals surface area (Å²) in [7, 11) is 0. The maximum absolute atomic E-state index is 12.3. The largest absolute Gasteiger partial charge is 0.429 e. The monoisotopic (exact) mass is 306 g/mol. The standard InChI is InChI=1S/C15H18N2O3S/c1-9(10-4-6-19-7-5-10)14(18)16-11-2-3-12-13(8-11)20-15(21)17-12/h2-3,8-10H,4-7H2,1H3,(H,16,18)(H,17,21)/t9-/m0/s1. The Morgan fingerprint density at radius 3 is 2.95 bits per heavy atom. The van der Waals surface area contributed by atoms with E-state index in [1.807, 2.05) is 19.1 Å². The predicted molar refractivity (Wildman–Crippen MR) is 82.7 cm³/mol. The molecule has 2 heterocycles. The van der Waals surface area contributed by atoms with E-state index in [1.165, 1.54) is 0 Å². The molecule has 6 heteroatoms. The molecule has 1 saturated heterocycles. The molecule has 0 aliphatic carbocycles. The van der Waals surface area contributed by atoms with E-state index < -0.39 is 0 Å². The second-order valence-corrected chi connectivity index (χ2v) is 5.82. The first-order valence-corrected chi connectivity index (χ1v) is 7.56. The number of rotatable bonds is 3. The third-order valence-electron chi connectivity index (χ3n) is 4.08. The van der Waals surface area contributed by atoms with Crippen molar-refractivity contribution in [3.05, 3.63) is 23.0 Å². The van der Waals surface area contributed by atoms with Crippen molar-refractivity contribution in [3.63, 3.8) is 0 Å². The molecule has 0 radical (unpaired) electrons. The van der Waals surface area contributed by atoms with E-state index in [0.29, 0.717) is 16.3 Å². The van der Waals surface area contributed by atoms with E-state index in [2.05, 4.69) is 10.3 Å². The van der Waals surface area contributed by atoms with Crippen LogP contribution in [0.25, 0.3) is 11.1 Å². The summed E-state index contributed by atoms with van der Waals surface area (Å²) >= 11 is 4.95. The smallest absolute Gasteiger partial charge is 0.266 e. The fourth-order valence-electron chi connectivity index (χ4n) is 2.71. The van der Waals surface area contributed by atoms with Gasteiger partial charge in [0.15, 0.2) is 5.58 Å². The van der Waals surface area contributed by atoms with Gasteiger partial charge < -0.3 is 19.5 Å². The zero-order valence-electron chi connectivity index (χ0n) is 11.8. The van der Waals surface area contributed by atoms with Crippen LogP contribution >= 0.6 is 12.2 Å². The van der Waals surface area contributed by atoms with Crippen LogP contribution in [0.4, 0.5) is 5.69 Å². The van der Waals surface area contributed by atoms with E-state index in [1.54, 1.807) is 6.07 Å². The summed E-state index contributed by atoms with van der Waals surface area (Å²) in [4.78, 5) is 15.6. The van der Waals surface area contributed by atoms with Crippen LogP contribution in [0.5, 0.6) is 0 Å². The second-order valence-electron chi connectivity index (χ2n) is 5.45. The van der Waals surface area contributed by atoms with Gasteiger partial charge in [0, 0.05) is 30.9 Å². The highest BCUT2D eigenvalue weighted by atomic mass is 32.1. The molecule has 0 saturated carbocycles. The van der Waals surface area contributed by atoms with Crippen LogP contribution in [-0.2, 0) is 9.53 Å². The van der Waals surface area contributed by atoms with Gasteiger partial charge in [0.05, 0.1) is 5.52 Å². The van der Waals surface area contributed by atoms with Crippen molar-refractivity contribution in [2.24, 2.45) is 11.8 Å². The van der Waals surface area contributed by atoms with Gasteiger partial charge in [-0.15, -0.1) is 0 Å². The van der Waals surface area contributed by atoms with Crippen molar-refractivity contribution in [2.75, 3.05) is 18.5 Å². The summed E-state index contributed by atoms with van der Waals surface area (Å²) in [6.45, 7) is 3.47. The first-order chi connectivity index (χ1) is 10.1. The number of benzene rings is 1. The van der Waals surface area contributed by atoms with Gasteiger partial charge >= 0.3 is 0 Å². The summed E-state index contributed by atoms with van der Waals surface area (Å²) in [5.74, 6) is 0.399. The van der Waals surface area contributed by atoms with Gasteiger partial charge in [-0.1, -0.05) is 6.92 Å². The van der Waals surface area contributed by atoms with E-state index in [9.17, 15) is 4.79 Å². The Morgan fingerprint density at radius 1 is 1.43 bits per heavy atom. The fraction of sp³-hybridized carbons (Fsp3) is 0.467. The number of nitrogens with one attached hydrogen (secondary N) is 2. The summed E-state index contributed by atoms with van der Waals surface area (Å²) in [6, 6.07) is 5.48. The van der Waals surface area contributed by atoms with Gasteiger partial charge in [0.1, 0.15) is 0 Å². The van der Waals surface area contributed by atoms with Crippen LogP contribution in [0.1, 0.15) is 19.8 Å². The van der Waals surface area contributed by atoms with Gasteiger partial charge in [0.2, 0.25) is 5.91 Å². The molecule has 3 rings (SSSR count). The lowest BCUT2D eigenvalue weighted by atomic mass is 9.87. The lowest BCUT2D eigenvalue weighted by Gasteiger charge is -2.26. The van der Waals surface area contributed by atoms with E-state index >= 15 is 0 Å². The van der Waals surface area contributed by atoms with Gasteiger partial charge in [-0.2, -0.15) is 0 Å². The first-order valence-electron chi connectivity index (χ1n) is 7.15. The highest BCUT2D eigenvalue weighted by molar-refractivity contribution is 7.71. The minimum atomic E-state index is -0.0257. The molecule has 0 bridgehead atoms. The molecule has 2 aromatic rings. The third kappa shape index (κ3) is 3.16. The topological polar surface area (TPSA) is 67.3 Å². The highest BCUT2D eigenvalue weighted by Crippen LogP contribution is 2.25. The lowest BCUT2D eigenvalue weighted by Crippen LogP contribution is -2.30. The molecule has 1 atom stereocenters. The molecule has 21 heavy (non-hydrogen) atoms. The molecular formula is C15H18N2O3S. The zero-order chi connectivity index (χ0) is 14.8. The number of oxazole rings is 1. The molecule has 112 valence electrons. The van der Waals surface area contributed by atoms with Crippen molar-refractivity contribution in [1.29, 1.82) is 0 Å². The molecule has 1 aromatic heterocycles. The van der Waals surface area contributed by atoms with Crippen LogP contribution in [0.3, 0.4) is 0 Å². The van der Waals surface area contributed by atoms with Gasteiger partial charge in [-0.25, -0.2) is 0 Å². The number of ether oxygens (including phenoxy) is 1. The SMILES string of the molecule is C[C@H](C(=O)Nc1ccc2[nH]c(=S)oc2c1)C1CCOCC1. The van der Waals surface area contributed by atoms with Crippen LogP contribution < -0.4 is 5.32 Å². The van der Waals surface area contributed by atoms with Crippen molar-refractivity contribution in [3.8, 4) is 0 Å². The molecule has 1 amide bonds. The highest BCUT2D eigenvalue weighted by Gasteiger charge is 2.26. The Balaban J connectivity index is 1.71. The maximum Gasteiger partial charge on any atom is 0.266 e. The minimum Gasteiger partial charge on any atom is -0.429 e. The average Bonchev–Trinajstić information content (AvgIpc) is 2.86. The quantitative estimate of drug-likeness (QED) is 0.852. The molecule has 0 unspecified atom stereocenters. The van der Waals surface area contributed by atoms with Crippen LogP contribution in [0.2, 0.25) is 0 Å². The molecule has 5 nitrogen and oxygen atoms in total. The molecule has 1 aromatic carbocycles. The van der Waals surface area contributed by atoms with E-state index in [-0.39, 0.29) is 11.8 Å². The van der Waals surface area contributed by atoms with Crippen molar-refractivity contribution < 1.29 is 13.9 Å². The molecule has 1 fully saturated rings. The van der Waals surface area contributed by atoms with E-state index in [4.69, 9.17) is 21.4 Å². The summed E-state index contributed by atoms with van der Waals surface area (Å²) < 4.78 is 10.7. The molecule has 2 N–H and O–H groups in total. The number of hydrogen-bond donors (Lipinski definition) is 2. The van der Waals surface area contributed by atoms with Crippen LogP contribution in [0.15, 0.2) is 22.6 Å². The number of hydrogen-bond acceptors (Lipinski definition) is 4. The predicted octanol–water partition coefficient (Wildman–Crippen LogP) is 3.49. The fourth-order valence-corrected chi connectivity index (χ4v) is 2.91. The lowest BCUT2D eigenvalue weighted by molar-refractivity contribution is -0.122. The second kappa shape index (κ2) is 5.99. The Labute approximate surface area is 127 Å². The number of carbonyl (C=O) groups excluding carboxylic acids is 1. The van der Waals surface area contributed by atoms with Crippen LogP contribution in [0, 0.1) is 16.7 Å². The van der Waals surface area contributed by atoms with Crippen molar-refractivity contribution in [2.45, 2.75) is 19.8 Å². The summed E-state index contributed by atoms with van der Waals surface area (Å²) in [5.41, 5.74) is 2.20. The number of amides is 1. The Bertz CT molecular complexity index is 700. The third-order valence-corrected chi connectivity index (χ3v) is 4.26. The summed E-state index contributed by atoms with van der Waals surface area (Å²) in [5, 5.41) is 2.95. The van der Waals surface area contributed by atoms with Gasteiger partial charge in [-0.3, -0.25) is 4.79 Å². The zero-order valence-corrected chi connectivity index (χ0v) is 12.7. The number of carbonyl (C=O) groups is 1. The van der Waals surface area contributed by atoms with Crippen molar-refractivity contribution >= 4 is 34.9 Å². The first kappa shape index (κ1) is 14.3.